The van der Waals surface area contributed by atoms with Gasteiger partial charge in [0.25, 0.3) is 5.91 Å². The maximum absolute atomic E-state index is 12.4. The lowest BCUT2D eigenvalue weighted by Gasteiger charge is -2.24. The lowest BCUT2D eigenvalue weighted by atomic mass is 10.1. The fraction of sp³-hybridized carbons (Fsp3) is 0.400. The van der Waals surface area contributed by atoms with Crippen molar-refractivity contribution in [2.24, 2.45) is 0 Å². The van der Waals surface area contributed by atoms with Crippen LogP contribution < -0.4 is 10.6 Å². The summed E-state index contributed by atoms with van der Waals surface area (Å²) in [5.41, 5.74) is 0.818. The van der Waals surface area contributed by atoms with Crippen LogP contribution in [-0.4, -0.2) is 22.4 Å². The first-order valence-electron chi connectivity index (χ1n) is 6.98. The van der Waals surface area contributed by atoms with Gasteiger partial charge in [0.05, 0.1) is 16.1 Å². The molecule has 0 unspecified atom stereocenters. The summed E-state index contributed by atoms with van der Waals surface area (Å²) in [5, 5.41) is 9.26. The maximum Gasteiger partial charge on any atom is 0.253 e. The van der Waals surface area contributed by atoms with Crippen LogP contribution in [0.2, 0.25) is 5.02 Å². The zero-order valence-corrected chi connectivity index (χ0v) is 14.6. The van der Waals surface area contributed by atoms with Crippen molar-refractivity contribution < 1.29 is 4.79 Å². The second-order valence-corrected chi connectivity index (χ2v) is 6.72. The van der Waals surface area contributed by atoms with E-state index in [1.165, 1.54) is 17.5 Å². The molecule has 118 valence electrons. The van der Waals surface area contributed by atoms with Gasteiger partial charge in [0.15, 0.2) is 0 Å². The normalized spacial score (nSPS) is 11.3. The van der Waals surface area contributed by atoms with E-state index in [4.69, 9.17) is 11.6 Å². The molecule has 2 N–H and O–H groups in total. The van der Waals surface area contributed by atoms with Crippen LogP contribution in [0, 0.1) is 6.92 Å². The van der Waals surface area contributed by atoms with E-state index in [2.05, 4.69) is 20.6 Å². The van der Waals surface area contributed by atoms with Gasteiger partial charge < -0.3 is 10.6 Å². The first-order valence-corrected chi connectivity index (χ1v) is 8.23. The van der Waals surface area contributed by atoms with E-state index in [1.54, 1.807) is 6.07 Å². The topological polar surface area (TPSA) is 66.9 Å². The smallest absolute Gasteiger partial charge is 0.253 e. The third-order valence-corrected chi connectivity index (χ3v) is 4.60. The Hall–Kier alpha value is -1.66. The number of nitrogens with one attached hydrogen (secondary N) is 2. The molecule has 0 atom stereocenters. The van der Waals surface area contributed by atoms with Crippen molar-refractivity contribution in [3.8, 4) is 0 Å². The Morgan fingerprint density at radius 1 is 1.45 bits per heavy atom. The zero-order chi connectivity index (χ0) is 16.3. The molecule has 0 fully saturated rings. The number of hydrogen-bond donors (Lipinski definition) is 2. The van der Waals surface area contributed by atoms with Crippen molar-refractivity contribution in [2.75, 3.05) is 11.9 Å². The number of carbonyl (C=O) groups is 1. The highest BCUT2D eigenvalue weighted by molar-refractivity contribution is 7.09. The number of hydrogen-bond acceptors (Lipinski definition) is 5. The SMILES string of the molecule is CCNc1ncc(C(=O)NC(C)(C)c2nc(C)cs2)cc1Cl. The van der Waals surface area contributed by atoms with Gasteiger partial charge in [-0.25, -0.2) is 9.97 Å². The molecule has 0 radical (unpaired) electrons. The number of carbonyl (C=O) groups excluding carboxylic acids is 1. The molecule has 1 amide bonds. The summed E-state index contributed by atoms with van der Waals surface area (Å²) in [4.78, 5) is 21.0. The minimum absolute atomic E-state index is 0.227. The number of aryl methyl sites for hydroxylation is 1. The summed E-state index contributed by atoms with van der Waals surface area (Å²) in [5.74, 6) is 0.353. The van der Waals surface area contributed by atoms with Crippen LogP contribution >= 0.6 is 22.9 Å². The van der Waals surface area contributed by atoms with E-state index in [0.29, 0.717) is 22.9 Å². The largest absolute Gasteiger partial charge is 0.369 e. The molecule has 7 heteroatoms. The number of amides is 1. The van der Waals surface area contributed by atoms with Gasteiger partial charge in [-0.15, -0.1) is 11.3 Å². The predicted octanol–water partition coefficient (Wildman–Crippen LogP) is 3.60. The van der Waals surface area contributed by atoms with Crippen molar-refractivity contribution in [3.63, 3.8) is 0 Å². The highest BCUT2D eigenvalue weighted by Gasteiger charge is 2.27. The summed E-state index contributed by atoms with van der Waals surface area (Å²) in [6.07, 6.45) is 1.52. The molecule has 5 nitrogen and oxygen atoms in total. The highest BCUT2D eigenvalue weighted by atomic mass is 35.5. The molecule has 22 heavy (non-hydrogen) atoms. The number of halogens is 1. The van der Waals surface area contributed by atoms with Gasteiger partial charge in [-0.3, -0.25) is 4.79 Å². The second kappa shape index (κ2) is 6.62. The molecule has 0 aliphatic rings. The summed E-state index contributed by atoms with van der Waals surface area (Å²) in [6.45, 7) is 8.45. The molecule has 0 saturated carbocycles. The average Bonchev–Trinajstić information content (AvgIpc) is 2.88. The summed E-state index contributed by atoms with van der Waals surface area (Å²) in [7, 11) is 0. The van der Waals surface area contributed by atoms with Gasteiger partial charge in [0.2, 0.25) is 0 Å². The van der Waals surface area contributed by atoms with Gasteiger partial charge in [-0.05, 0) is 33.8 Å². The number of aromatic nitrogens is 2. The standard InChI is InChI=1S/C15H19ClN4OS/c1-5-17-12-11(16)6-10(7-18-12)13(21)20-15(3,4)14-19-9(2)8-22-14/h6-8H,5H2,1-4H3,(H,17,18)(H,20,21). The quantitative estimate of drug-likeness (QED) is 0.874. The molecule has 2 aromatic heterocycles. The van der Waals surface area contributed by atoms with E-state index in [-0.39, 0.29) is 5.91 Å². The van der Waals surface area contributed by atoms with Crippen molar-refractivity contribution in [1.82, 2.24) is 15.3 Å². The van der Waals surface area contributed by atoms with Gasteiger partial charge in [-0.2, -0.15) is 0 Å². The Bertz CT molecular complexity index is 684. The van der Waals surface area contributed by atoms with Crippen LogP contribution in [-0.2, 0) is 5.54 Å². The molecule has 2 rings (SSSR count). The van der Waals surface area contributed by atoms with Crippen LogP contribution in [0.1, 0.15) is 41.8 Å². The molecule has 0 aliphatic heterocycles. The van der Waals surface area contributed by atoms with Crippen molar-refractivity contribution >= 4 is 34.7 Å². The Labute approximate surface area is 139 Å². The summed E-state index contributed by atoms with van der Waals surface area (Å²) in [6, 6.07) is 1.62. The predicted molar refractivity (Wildman–Crippen MR) is 90.8 cm³/mol. The molecule has 0 aromatic carbocycles. The van der Waals surface area contributed by atoms with Crippen molar-refractivity contribution in [1.29, 1.82) is 0 Å². The number of pyridine rings is 1. The molecule has 0 aliphatic carbocycles. The minimum Gasteiger partial charge on any atom is -0.369 e. The van der Waals surface area contributed by atoms with Crippen molar-refractivity contribution in [2.45, 2.75) is 33.2 Å². The van der Waals surface area contributed by atoms with E-state index >= 15 is 0 Å². The van der Waals surface area contributed by atoms with Gasteiger partial charge in [0.1, 0.15) is 10.8 Å². The average molecular weight is 339 g/mol. The van der Waals surface area contributed by atoms with E-state index < -0.39 is 5.54 Å². The van der Waals surface area contributed by atoms with Gasteiger partial charge in [0, 0.05) is 23.8 Å². The van der Waals surface area contributed by atoms with Gasteiger partial charge in [-0.1, -0.05) is 11.6 Å². The lowest BCUT2D eigenvalue weighted by molar-refractivity contribution is 0.0911. The monoisotopic (exact) mass is 338 g/mol. The Morgan fingerprint density at radius 3 is 2.73 bits per heavy atom. The van der Waals surface area contributed by atoms with Gasteiger partial charge >= 0.3 is 0 Å². The first kappa shape index (κ1) is 16.7. The van der Waals surface area contributed by atoms with E-state index in [0.717, 1.165) is 10.7 Å². The molecule has 0 bridgehead atoms. The minimum atomic E-state index is -0.553. The summed E-state index contributed by atoms with van der Waals surface area (Å²) >= 11 is 7.66. The first-order chi connectivity index (χ1) is 10.3. The number of thiazole rings is 1. The van der Waals surface area contributed by atoms with E-state index in [1.807, 2.05) is 33.1 Å². The molecular weight excluding hydrogens is 320 g/mol. The van der Waals surface area contributed by atoms with Crippen LogP contribution in [0.5, 0.6) is 0 Å². The zero-order valence-electron chi connectivity index (χ0n) is 13.0. The fourth-order valence-corrected chi connectivity index (χ4v) is 3.02. The molecular formula is C15H19ClN4OS. The molecule has 2 heterocycles. The van der Waals surface area contributed by atoms with Crippen LogP contribution in [0.15, 0.2) is 17.6 Å². The Morgan fingerprint density at radius 2 is 2.18 bits per heavy atom. The fourth-order valence-electron chi connectivity index (χ4n) is 1.91. The summed E-state index contributed by atoms with van der Waals surface area (Å²) < 4.78 is 0. The molecule has 0 saturated heterocycles. The Kier molecular flexibility index (Phi) is 5.03. The number of rotatable bonds is 5. The second-order valence-electron chi connectivity index (χ2n) is 5.46. The highest BCUT2D eigenvalue weighted by Crippen LogP contribution is 2.25. The molecule has 0 spiro atoms. The lowest BCUT2D eigenvalue weighted by Crippen LogP contribution is -2.41. The van der Waals surface area contributed by atoms with E-state index in [9.17, 15) is 4.79 Å². The third kappa shape index (κ3) is 3.75. The third-order valence-electron chi connectivity index (χ3n) is 3.03. The molecule has 2 aromatic rings. The maximum atomic E-state index is 12.4. The Balaban J connectivity index is 2.16. The van der Waals surface area contributed by atoms with Crippen molar-refractivity contribution in [3.05, 3.63) is 38.9 Å². The van der Waals surface area contributed by atoms with Crippen LogP contribution in [0.25, 0.3) is 0 Å². The van der Waals surface area contributed by atoms with Crippen LogP contribution in [0.4, 0.5) is 5.82 Å². The number of anilines is 1. The van der Waals surface area contributed by atoms with Crippen LogP contribution in [0.3, 0.4) is 0 Å². The number of nitrogens with zero attached hydrogens (tertiary/aromatic N) is 2.